The molecule has 0 saturated carbocycles. The maximum absolute atomic E-state index is 11.9. The number of ether oxygens (including phenoxy) is 1. The molecule has 29 heavy (non-hydrogen) atoms. The van der Waals surface area contributed by atoms with Crippen LogP contribution in [-0.4, -0.2) is 61.0 Å². The summed E-state index contributed by atoms with van der Waals surface area (Å²) in [6.07, 6.45) is 1.87. The predicted octanol–water partition coefficient (Wildman–Crippen LogP) is 2.35. The lowest BCUT2D eigenvalue weighted by Crippen LogP contribution is -2.48. The van der Waals surface area contributed by atoms with Crippen molar-refractivity contribution >= 4 is 17.6 Å². The summed E-state index contributed by atoms with van der Waals surface area (Å²) in [5.41, 5.74) is 8.28. The van der Waals surface area contributed by atoms with Crippen LogP contribution in [0.2, 0.25) is 0 Å². The van der Waals surface area contributed by atoms with E-state index >= 15 is 0 Å². The number of nitrogens with zero attached hydrogens (tertiary/aromatic N) is 3. The zero-order valence-corrected chi connectivity index (χ0v) is 17.1. The minimum absolute atomic E-state index is 0.0670. The molecular weight excluding hydrogens is 366 g/mol. The van der Waals surface area contributed by atoms with Gasteiger partial charge < -0.3 is 15.4 Å². The van der Waals surface area contributed by atoms with Gasteiger partial charge >= 0.3 is 5.97 Å². The third-order valence-corrected chi connectivity index (χ3v) is 4.90. The van der Waals surface area contributed by atoms with Crippen LogP contribution in [0.5, 0.6) is 0 Å². The number of esters is 1. The minimum atomic E-state index is -0.148. The molecule has 7 nitrogen and oxygen atoms in total. The fourth-order valence-corrected chi connectivity index (χ4v) is 3.21. The molecule has 1 aromatic carbocycles. The molecule has 1 aliphatic rings. The van der Waals surface area contributed by atoms with Crippen LogP contribution in [0, 0.1) is 11.3 Å². The van der Waals surface area contributed by atoms with E-state index in [2.05, 4.69) is 20.9 Å². The number of carbonyl (C=O) groups excluding carboxylic acids is 1. The molecule has 0 amide bonds. The maximum atomic E-state index is 11.9. The molecule has 0 aliphatic carbocycles. The molecule has 3 rings (SSSR count). The number of nitrogens with one attached hydrogen (secondary N) is 1. The highest BCUT2D eigenvalue weighted by molar-refractivity contribution is 5.95. The molecule has 0 bridgehead atoms. The summed E-state index contributed by atoms with van der Waals surface area (Å²) >= 11 is 0. The van der Waals surface area contributed by atoms with Gasteiger partial charge in [0.05, 0.1) is 13.2 Å². The number of nitrogens with two attached hydrogens (primary N) is 1. The van der Waals surface area contributed by atoms with Crippen LogP contribution < -0.4 is 10.6 Å². The quantitative estimate of drug-likeness (QED) is 0.424. The van der Waals surface area contributed by atoms with Crippen molar-refractivity contribution in [1.82, 2.24) is 9.88 Å². The fraction of sp³-hybridized carbons (Fsp3) is 0.409. The molecule has 0 unspecified atom stereocenters. The topological polar surface area (TPSA) is 95.5 Å². The van der Waals surface area contributed by atoms with Crippen molar-refractivity contribution in [3.63, 3.8) is 0 Å². The number of benzene rings is 1. The summed E-state index contributed by atoms with van der Waals surface area (Å²) in [7, 11) is 0. The molecule has 1 aromatic heterocycles. The van der Waals surface area contributed by atoms with Gasteiger partial charge in [0, 0.05) is 43.5 Å². The van der Waals surface area contributed by atoms with Crippen LogP contribution in [0.15, 0.2) is 42.6 Å². The number of hydrogen-bond acceptors (Lipinski definition) is 6. The van der Waals surface area contributed by atoms with Crippen molar-refractivity contribution in [2.45, 2.75) is 13.8 Å². The number of nitrogen functional groups attached to an aromatic ring is 1. The van der Waals surface area contributed by atoms with Gasteiger partial charge in [-0.05, 0) is 23.6 Å². The second kappa shape index (κ2) is 9.52. The van der Waals surface area contributed by atoms with E-state index in [1.807, 2.05) is 50.4 Å². The van der Waals surface area contributed by atoms with Crippen LogP contribution in [0.25, 0.3) is 11.1 Å². The first-order valence-corrected chi connectivity index (χ1v) is 9.96. The molecule has 154 valence electrons. The van der Waals surface area contributed by atoms with Gasteiger partial charge in [-0.15, -0.1) is 0 Å². The van der Waals surface area contributed by atoms with Gasteiger partial charge in [0.25, 0.3) is 0 Å². The highest BCUT2D eigenvalue weighted by Gasteiger charge is 2.20. The summed E-state index contributed by atoms with van der Waals surface area (Å²) in [6, 6.07) is 11.7. The summed E-state index contributed by atoms with van der Waals surface area (Å²) in [4.78, 5) is 20.9. The Morgan fingerprint density at radius 1 is 1.10 bits per heavy atom. The molecule has 0 radical (unpaired) electrons. The van der Waals surface area contributed by atoms with Crippen molar-refractivity contribution < 1.29 is 9.53 Å². The second-order valence-corrected chi connectivity index (χ2v) is 7.74. The Balaban J connectivity index is 1.52. The average molecular weight is 396 g/mol. The Morgan fingerprint density at radius 3 is 2.31 bits per heavy atom. The monoisotopic (exact) mass is 395 g/mol. The number of piperazine rings is 1. The lowest BCUT2D eigenvalue weighted by molar-refractivity contribution is -0.146. The first-order chi connectivity index (χ1) is 13.9. The van der Waals surface area contributed by atoms with Crippen LogP contribution in [0.4, 0.5) is 5.82 Å². The van der Waals surface area contributed by atoms with E-state index in [0.717, 1.165) is 43.1 Å². The molecule has 1 aliphatic heterocycles. The van der Waals surface area contributed by atoms with Crippen LogP contribution >= 0.6 is 0 Å². The highest BCUT2D eigenvalue weighted by Crippen LogP contribution is 2.22. The number of carbonyl (C=O) groups is 1. The maximum Gasteiger partial charge on any atom is 0.320 e. The summed E-state index contributed by atoms with van der Waals surface area (Å²) in [5, 5.41) is 7.47. The van der Waals surface area contributed by atoms with E-state index < -0.39 is 0 Å². The number of aromatic nitrogens is 1. The predicted molar refractivity (Wildman–Crippen MR) is 115 cm³/mol. The highest BCUT2D eigenvalue weighted by atomic mass is 16.5. The number of hydrogen-bond donors (Lipinski definition) is 2. The lowest BCUT2D eigenvalue weighted by Gasteiger charge is -2.34. The van der Waals surface area contributed by atoms with E-state index in [-0.39, 0.29) is 11.8 Å². The van der Waals surface area contributed by atoms with Gasteiger partial charge in [-0.25, -0.2) is 4.98 Å². The molecule has 2 heterocycles. The summed E-state index contributed by atoms with van der Waals surface area (Å²) in [5.74, 6) is 1.22. The van der Waals surface area contributed by atoms with Gasteiger partial charge in [0.1, 0.15) is 11.7 Å². The SMILES string of the molecule is CC(C)COC(=O)CN1CCN(c2ccc(-c3ccc(C(=N)N)cc3)cn2)CC1. The van der Waals surface area contributed by atoms with Crippen molar-refractivity contribution in [3.05, 3.63) is 48.2 Å². The Labute approximate surface area is 172 Å². The summed E-state index contributed by atoms with van der Waals surface area (Å²) < 4.78 is 5.27. The number of pyridine rings is 1. The van der Waals surface area contributed by atoms with Crippen LogP contribution in [0.1, 0.15) is 19.4 Å². The first-order valence-electron chi connectivity index (χ1n) is 9.96. The zero-order chi connectivity index (χ0) is 20.8. The molecule has 7 heteroatoms. The number of amidine groups is 1. The van der Waals surface area contributed by atoms with Crippen molar-refractivity contribution in [1.29, 1.82) is 5.41 Å². The van der Waals surface area contributed by atoms with Gasteiger partial charge in [-0.1, -0.05) is 38.1 Å². The Bertz CT molecular complexity index is 825. The average Bonchev–Trinajstić information content (AvgIpc) is 2.73. The second-order valence-electron chi connectivity index (χ2n) is 7.74. The van der Waals surface area contributed by atoms with Gasteiger partial charge in [-0.3, -0.25) is 15.1 Å². The van der Waals surface area contributed by atoms with Crippen LogP contribution in [0.3, 0.4) is 0 Å². The van der Waals surface area contributed by atoms with E-state index in [9.17, 15) is 4.79 Å². The van der Waals surface area contributed by atoms with Gasteiger partial charge in [-0.2, -0.15) is 0 Å². The number of rotatable bonds is 7. The van der Waals surface area contributed by atoms with Gasteiger partial charge in [0.15, 0.2) is 0 Å². The lowest BCUT2D eigenvalue weighted by atomic mass is 10.1. The largest absolute Gasteiger partial charge is 0.464 e. The zero-order valence-electron chi connectivity index (χ0n) is 17.1. The fourth-order valence-electron chi connectivity index (χ4n) is 3.21. The van der Waals surface area contributed by atoms with E-state index in [1.54, 1.807) is 0 Å². The smallest absolute Gasteiger partial charge is 0.320 e. The number of anilines is 1. The van der Waals surface area contributed by atoms with E-state index in [4.69, 9.17) is 15.9 Å². The summed E-state index contributed by atoms with van der Waals surface area (Å²) in [6.45, 7) is 8.18. The molecule has 1 fully saturated rings. The van der Waals surface area contributed by atoms with Gasteiger partial charge in [0.2, 0.25) is 0 Å². The molecule has 0 atom stereocenters. The Morgan fingerprint density at radius 2 is 1.76 bits per heavy atom. The van der Waals surface area contributed by atoms with E-state index in [1.165, 1.54) is 0 Å². The van der Waals surface area contributed by atoms with Crippen molar-refractivity contribution in [2.24, 2.45) is 11.7 Å². The minimum Gasteiger partial charge on any atom is -0.464 e. The molecule has 2 aromatic rings. The molecule has 3 N–H and O–H groups in total. The van der Waals surface area contributed by atoms with Crippen LogP contribution in [-0.2, 0) is 9.53 Å². The Kier molecular flexibility index (Phi) is 6.82. The van der Waals surface area contributed by atoms with Crippen molar-refractivity contribution in [2.75, 3.05) is 44.2 Å². The normalized spacial score (nSPS) is 14.8. The third kappa shape index (κ3) is 5.77. The molecule has 0 spiro atoms. The first kappa shape index (κ1) is 20.8. The third-order valence-electron chi connectivity index (χ3n) is 4.90. The van der Waals surface area contributed by atoms with Crippen molar-refractivity contribution in [3.8, 4) is 11.1 Å². The van der Waals surface area contributed by atoms with E-state index in [0.29, 0.717) is 24.6 Å². The molecular formula is C22H29N5O2. The standard InChI is InChI=1S/C22H29N5O2/c1-16(2)15-29-21(28)14-26-9-11-27(12-10-26)20-8-7-19(13-25-20)17-3-5-18(6-4-17)22(23)24/h3-8,13,16H,9-12,14-15H2,1-2H3,(H3,23,24). The molecule has 1 saturated heterocycles. The Hall–Kier alpha value is -2.93.